The molecular weight excluding hydrogens is 243 g/mol. The Bertz CT molecular complexity index is 516. The van der Waals surface area contributed by atoms with Gasteiger partial charge in [-0.25, -0.2) is 14.4 Å². The Labute approximate surface area is 103 Å². The van der Waals surface area contributed by atoms with E-state index >= 15 is 0 Å². The van der Waals surface area contributed by atoms with Crippen LogP contribution in [0.15, 0.2) is 30.6 Å². The summed E-state index contributed by atoms with van der Waals surface area (Å²) in [7, 11) is 0. The van der Waals surface area contributed by atoms with Crippen LogP contribution in [0.5, 0.6) is 5.88 Å². The van der Waals surface area contributed by atoms with Crippen molar-refractivity contribution < 1.29 is 9.13 Å². The molecule has 3 nitrogen and oxygen atoms in total. The van der Waals surface area contributed by atoms with Crippen LogP contribution >= 0.6 is 11.6 Å². The molecule has 0 N–H and O–H groups in total. The first-order chi connectivity index (χ1) is 8.20. The molecule has 1 aromatic carbocycles. The predicted molar refractivity (Wildman–Crippen MR) is 63.6 cm³/mol. The Morgan fingerprint density at radius 1 is 1.29 bits per heavy atom. The lowest BCUT2D eigenvalue weighted by atomic mass is 10.1. The van der Waals surface area contributed by atoms with Crippen molar-refractivity contribution in [3.63, 3.8) is 0 Å². The van der Waals surface area contributed by atoms with Crippen LogP contribution in [0, 0.1) is 5.82 Å². The third-order valence-corrected chi connectivity index (χ3v) is 2.44. The van der Waals surface area contributed by atoms with Gasteiger partial charge in [-0.15, -0.1) is 0 Å². The molecule has 0 saturated heterocycles. The van der Waals surface area contributed by atoms with E-state index in [0.29, 0.717) is 28.8 Å². The molecule has 0 aliphatic heterocycles. The lowest BCUT2D eigenvalue weighted by Crippen LogP contribution is -1.96. The first-order valence-corrected chi connectivity index (χ1v) is 5.48. The van der Waals surface area contributed by atoms with Gasteiger partial charge in [-0.1, -0.05) is 11.6 Å². The number of benzene rings is 1. The number of aromatic nitrogens is 2. The third-order valence-electron chi connectivity index (χ3n) is 2.13. The molecular formula is C12H10ClFN2O. The molecule has 17 heavy (non-hydrogen) atoms. The molecule has 0 atom stereocenters. The average Bonchev–Trinajstić information content (AvgIpc) is 2.31. The topological polar surface area (TPSA) is 35.0 Å². The van der Waals surface area contributed by atoms with Crippen LogP contribution < -0.4 is 4.74 Å². The molecule has 88 valence electrons. The van der Waals surface area contributed by atoms with Gasteiger partial charge in [0.2, 0.25) is 5.88 Å². The van der Waals surface area contributed by atoms with Gasteiger partial charge >= 0.3 is 0 Å². The zero-order chi connectivity index (χ0) is 12.3. The summed E-state index contributed by atoms with van der Waals surface area (Å²) in [6.07, 6.45) is 3.06. The maximum Gasteiger partial charge on any atom is 0.232 e. The van der Waals surface area contributed by atoms with Gasteiger partial charge in [0.25, 0.3) is 0 Å². The van der Waals surface area contributed by atoms with Crippen LogP contribution in [0.25, 0.3) is 11.3 Å². The largest absolute Gasteiger partial charge is 0.477 e. The van der Waals surface area contributed by atoms with Crippen LogP contribution in [-0.2, 0) is 0 Å². The summed E-state index contributed by atoms with van der Waals surface area (Å²) < 4.78 is 18.1. The molecule has 2 aromatic rings. The minimum atomic E-state index is -0.377. The Hall–Kier alpha value is -1.68. The number of ether oxygens (including phenoxy) is 1. The van der Waals surface area contributed by atoms with Crippen LogP contribution in [0.1, 0.15) is 6.92 Å². The SMILES string of the molecule is CCOc1cnc(-c2ccc(F)cc2Cl)cn1. The molecule has 0 aliphatic rings. The van der Waals surface area contributed by atoms with Gasteiger partial charge in [-0.2, -0.15) is 0 Å². The molecule has 0 bridgehead atoms. The van der Waals surface area contributed by atoms with Crippen LogP contribution in [0.2, 0.25) is 5.02 Å². The second-order valence-corrected chi connectivity index (χ2v) is 3.70. The summed E-state index contributed by atoms with van der Waals surface area (Å²) in [5.41, 5.74) is 1.22. The summed E-state index contributed by atoms with van der Waals surface area (Å²) in [6.45, 7) is 2.40. The quantitative estimate of drug-likeness (QED) is 0.840. The van der Waals surface area contributed by atoms with Crippen molar-refractivity contribution in [2.75, 3.05) is 6.61 Å². The van der Waals surface area contributed by atoms with E-state index in [9.17, 15) is 4.39 Å². The molecule has 2 rings (SSSR count). The second-order valence-electron chi connectivity index (χ2n) is 3.30. The predicted octanol–water partition coefficient (Wildman–Crippen LogP) is 3.33. The molecule has 0 aliphatic carbocycles. The lowest BCUT2D eigenvalue weighted by molar-refractivity contribution is 0.325. The van der Waals surface area contributed by atoms with Gasteiger partial charge in [0.05, 0.1) is 29.7 Å². The molecule has 0 spiro atoms. The Morgan fingerprint density at radius 2 is 2.12 bits per heavy atom. The van der Waals surface area contributed by atoms with E-state index < -0.39 is 0 Å². The van der Waals surface area contributed by atoms with Gasteiger partial charge < -0.3 is 4.74 Å². The summed E-state index contributed by atoms with van der Waals surface area (Å²) in [5.74, 6) is 0.0760. The Kier molecular flexibility index (Phi) is 3.54. The summed E-state index contributed by atoms with van der Waals surface area (Å²) in [6, 6.07) is 4.15. The van der Waals surface area contributed by atoms with E-state index in [0.717, 1.165) is 0 Å². The summed E-state index contributed by atoms with van der Waals surface area (Å²) in [4.78, 5) is 8.23. The number of nitrogens with zero attached hydrogens (tertiary/aromatic N) is 2. The molecule has 0 radical (unpaired) electrons. The van der Waals surface area contributed by atoms with Gasteiger partial charge in [0, 0.05) is 5.56 Å². The van der Waals surface area contributed by atoms with E-state index in [1.807, 2.05) is 6.92 Å². The highest BCUT2D eigenvalue weighted by molar-refractivity contribution is 6.33. The maximum atomic E-state index is 12.9. The van der Waals surface area contributed by atoms with Crippen molar-refractivity contribution >= 4 is 11.6 Å². The highest BCUT2D eigenvalue weighted by Gasteiger charge is 2.06. The van der Waals surface area contributed by atoms with E-state index in [4.69, 9.17) is 16.3 Å². The minimum absolute atomic E-state index is 0.309. The number of hydrogen-bond acceptors (Lipinski definition) is 3. The highest BCUT2D eigenvalue weighted by Crippen LogP contribution is 2.26. The molecule has 0 unspecified atom stereocenters. The minimum Gasteiger partial charge on any atom is -0.477 e. The number of rotatable bonds is 3. The lowest BCUT2D eigenvalue weighted by Gasteiger charge is -2.05. The molecule has 0 amide bonds. The van der Waals surface area contributed by atoms with Crippen molar-refractivity contribution in [1.29, 1.82) is 0 Å². The fraction of sp³-hybridized carbons (Fsp3) is 0.167. The Morgan fingerprint density at radius 3 is 2.71 bits per heavy atom. The van der Waals surface area contributed by atoms with Gasteiger partial charge in [-0.05, 0) is 25.1 Å². The van der Waals surface area contributed by atoms with Crippen LogP contribution in [0.3, 0.4) is 0 Å². The van der Waals surface area contributed by atoms with Crippen molar-refractivity contribution in [1.82, 2.24) is 9.97 Å². The van der Waals surface area contributed by atoms with Crippen LogP contribution in [0.4, 0.5) is 4.39 Å². The van der Waals surface area contributed by atoms with Gasteiger partial charge in [-0.3, -0.25) is 0 Å². The van der Waals surface area contributed by atoms with Crippen molar-refractivity contribution in [3.05, 3.63) is 41.4 Å². The fourth-order valence-corrected chi connectivity index (χ4v) is 1.64. The normalized spacial score (nSPS) is 10.3. The van der Waals surface area contributed by atoms with E-state index in [-0.39, 0.29) is 5.82 Å². The second kappa shape index (κ2) is 5.10. The molecule has 1 aromatic heterocycles. The van der Waals surface area contributed by atoms with E-state index in [2.05, 4.69) is 9.97 Å². The maximum absolute atomic E-state index is 12.9. The molecule has 5 heteroatoms. The third kappa shape index (κ3) is 2.71. The molecule has 1 heterocycles. The van der Waals surface area contributed by atoms with E-state index in [1.54, 1.807) is 12.3 Å². The first-order valence-electron chi connectivity index (χ1n) is 5.11. The van der Waals surface area contributed by atoms with Crippen LogP contribution in [-0.4, -0.2) is 16.6 Å². The first kappa shape index (κ1) is 11.8. The Balaban J connectivity index is 2.33. The fourth-order valence-electron chi connectivity index (χ4n) is 1.37. The number of hydrogen-bond donors (Lipinski definition) is 0. The van der Waals surface area contributed by atoms with Crippen molar-refractivity contribution in [2.24, 2.45) is 0 Å². The molecule has 0 fully saturated rings. The zero-order valence-corrected chi connectivity index (χ0v) is 9.91. The van der Waals surface area contributed by atoms with Gasteiger partial charge in [0.1, 0.15) is 5.82 Å². The smallest absolute Gasteiger partial charge is 0.232 e. The highest BCUT2D eigenvalue weighted by atomic mass is 35.5. The van der Waals surface area contributed by atoms with Crippen molar-refractivity contribution in [3.8, 4) is 17.1 Å². The standard InChI is InChI=1S/C12H10ClFN2O/c1-2-17-12-7-15-11(6-16-12)9-4-3-8(14)5-10(9)13/h3-7H,2H2,1H3. The van der Waals surface area contributed by atoms with E-state index in [1.165, 1.54) is 18.3 Å². The zero-order valence-electron chi connectivity index (χ0n) is 9.15. The van der Waals surface area contributed by atoms with Crippen molar-refractivity contribution in [2.45, 2.75) is 6.92 Å². The summed E-state index contributed by atoms with van der Waals surface area (Å²) >= 11 is 5.93. The molecule has 0 saturated carbocycles. The monoisotopic (exact) mass is 252 g/mol. The summed E-state index contributed by atoms with van der Waals surface area (Å²) in [5, 5.41) is 0.309. The average molecular weight is 253 g/mol. The van der Waals surface area contributed by atoms with Gasteiger partial charge in [0.15, 0.2) is 0 Å². The number of halogens is 2.